The monoisotopic (exact) mass is 267 g/mol. The highest BCUT2D eigenvalue weighted by molar-refractivity contribution is 7.10. The van der Waals surface area contributed by atoms with Gasteiger partial charge in [-0.25, -0.2) is 0 Å². The Bertz CT molecular complexity index is 364. The molecule has 1 unspecified atom stereocenters. The molecule has 0 amide bonds. The second-order valence-corrected chi connectivity index (χ2v) is 6.38. The molecule has 102 valence electrons. The summed E-state index contributed by atoms with van der Waals surface area (Å²) in [7, 11) is 4.48. The highest BCUT2D eigenvalue weighted by Crippen LogP contribution is 2.16. The van der Waals surface area contributed by atoms with Gasteiger partial charge in [0.1, 0.15) is 0 Å². The van der Waals surface area contributed by atoms with Gasteiger partial charge in [0.15, 0.2) is 0 Å². The fourth-order valence-electron chi connectivity index (χ4n) is 2.47. The van der Waals surface area contributed by atoms with Gasteiger partial charge < -0.3 is 10.2 Å². The lowest BCUT2D eigenvalue weighted by Gasteiger charge is -2.35. The average Bonchev–Trinajstić information content (AvgIpc) is 2.75. The molecule has 0 aliphatic carbocycles. The molecule has 0 radical (unpaired) electrons. The molecule has 2 heterocycles. The van der Waals surface area contributed by atoms with Gasteiger partial charge in [0.2, 0.25) is 0 Å². The quantitative estimate of drug-likeness (QED) is 0.871. The second kappa shape index (κ2) is 6.66. The molecule has 1 aliphatic heterocycles. The van der Waals surface area contributed by atoms with E-state index in [1.807, 2.05) is 11.3 Å². The zero-order valence-electron chi connectivity index (χ0n) is 11.8. The smallest absolute Gasteiger partial charge is 0.0345 e. The van der Waals surface area contributed by atoms with Crippen molar-refractivity contribution in [3.8, 4) is 0 Å². The van der Waals surface area contributed by atoms with Crippen LogP contribution in [0.3, 0.4) is 0 Å². The van der Waals surface area contributed by atoms with Gasteiger partial charge in [0.25, 0.3) is 0 Å². The molecule has 3 nitrogen and oxygen atoms in total. The molecule has 0 bridgehead atoms. The topological polar surface area (TPSA) is 18.5 Å². The third-order valence-electron chi connectivity index (χ3n) is 3.86. The van der Waals surface area contributed by atoms with Gasteiger partial charge in [-0.05, 0) is 44.4 Å². The van der Waals surface area contributed by atoms with E-state index in [9.17, 15) is 0 Å². The van der Waals surface area contributed by atoms with Crippen LogP contribution in [0.2, 0.25) is 0 Å². The molecule has 1 N–H and O–H groups in total. The van der Waals surface area contributed by atoms with Gasteiger partial charge in [-0.3, -0.25) is 4.90 Å². The molecule has 1 aromatic heterocycles. The molecule has 1 atom stereocenters. The van der Waals surface area contributed by atoms with Gasteiger partial charge >= 0.3 is 0 Å². The third kappa shape index (κ3) is 3.79. The van der Waals surface area contributed by atoms with Crippen LogP contribution in [0.5, 0.6) is 0 Å². The van der Waals surface area contributed by atoms with Crippen molar-refractivity contribution in [2.45, 2.75) is 19.4 Å². The molecule has 4 heteroatoms. The van der Waals surface area contributed by atoms with E-state index in [2.05, 4.69) is 47.6 Å². The predicted octanol–water partition coefficient (Wildman–Crippen LogP) is 1.43. The Labute approximate surface area is 115 Å². The molecule has 1 aliphatic rings. The zero-order chi connectivity index (χ0) is 13.0. The first-order valence-corrected chi connectivity index (χ1v) is 7.67. The average molecular weight is 267 g/mol. The van der Waals surface area contributed by atoms with Gasteiger partial charge in [-0.1, -0.05) is 0 Å². The maximum Gasteiger partial charge on any atom is 0.0345 e. The normalized spacial score (nSPS) is 21.7. The highest BCUT2D eigenvalue weighted by atomic mass is 32.1. The van der Waals surface area contributed by atoms with Crippen LogP contribution in [-0.2, 0) is 6.42 Å². The number of rotatable bonds is 5. The largest absolute Gasteiger partial charge is 0.314 e. The van der Waals surface area contributed by atoms with Crippen LogP contribution in [0.15, 0.2) is 11.4 Å². The van der Waals surface area contributed by atoms with Crippen molar-refractivity contribution in [2.75, 3.05) is 46.8 Å². The van der Waals surface area contributed by atoms with Crippen LogP contribution in [-0.4, -0.2) is 62.7 Å². The van der Waals surface area contributed by atoms with Crippen molar-refractivity contribution in [1.82, 2.24) is 15.1 Å². The summed E-state index contributed by atoms with van der Waals surface area (Å²) in [4.78, 5) is 6.48. The van der Waals surface area contributed by atoms with E-state index < -0.39 is 0 Å². The fraction of sp³-hybridized carbons (Fsp3) is 0.714. The lowest BCUT2D eigenvalue weighted by atomic mass is 10.2. The number of nitrogens with zero attached hydrogens (tertiary/aromatic N) is 2. The SMILES string of the molecule is Cc1ccsc1CCN(C)CC1CNCCN1C. The summed E-state index contributed by atoms with van der Waals surface area (Å²) < 4.78 is 0. The van der Waals surface area contributed by atoms with Gasteiger partial charge in [-0.2, -0.15) is 0 Å². The molecule has 18 heavy (non-hydrogen) atoms. The number of nitrogens with one attached hydrogen (secondary N) is 1. The molecule has 1 fully saturated rings. The van der Waals surface area contributed by atoms with E-state index in [1.54, 1.807) is 0 Å². The number of hydrogen-bond donors (Lipinski definition) is 1. The van der Waals surface area contributed by atoms with Crippen LogP contribution in [0.25, 0.3) is 0 Å². The number of aryl methyl sites for hydroxylation is 1. The van der Waals surface area contributed by atoms with Crippen LogP contribution < -0.4 is 5.32 Å². The molecule has 0 saturated carbocycles. The van der Waals surface area contributed by atoms with Crippen molar-refractivity contribution in [2.24, 2.45) is 0 Å². The summed E-state index contributed by atoms with van der Waals surface area (Å²) in [5.41, 5.74) is 1.45. The minimum absolute atomic E-state index is 0.660. The van der Waals surface area contributed by atoms with Crippen molar-refractivity contribution in [3.05, 3.63) is 21.9 Å². The van der Waals surface area contributed by atoms with Crippen molar-refractivity contribution in [1.29, 1.82) is 0 Å². The molecule has 1 saturated heterocycles. The van der Waals surface area contributed by atoms with Crippen LogP contribution in [0.1, 0.15) is 10.4 Å². The summed E-state index contributed by atoms with van der Waals surface area (Å²) in [6, 6.07) is 2.88. The van der Waals surface area contributed by atoms with Crippen molar-refractivity contribution in [3.63, 3.8) is 0 Å². The first kappa shape index (κ1) is 14.0. The van der Waals surface area contributed by atoms with Gasteiger partial charge in [-0.15, -0.1) is 11.3 Å². The van der Waals surface area contributed by atoms with Crippen LogP contribution in [0, 0.1) is 6.92 Å². The third-order valence-corrected chi connectivity index (χ3v) is 4.94. The second-order valence-electron chi connectivity index (χ2n) is 5.38. The molecular formula is C14H25N3S. The lowest BCUT2D eigenvalue weighted by molar-refractivity contribution is 0.153. The Morgan fingerprint density at radius 2 is 2.39 bits per heavy atom. The zero-order valence-corrected chi connectivity index (χ0v) is 12.6. The summed E-state index contributed by atoms with van der Waals surface area (Å²) >= 11 is 1.89. The number of thiophene rings is 1. The van der Waals surface area contributed by atoms with E-state index in [4.69, 9.17) is 0 Å². The van der Waals surface area contributed by atoms with Crippen molar-refractivity contribution >= 4 is 11.3 Å². The summed E-state index contributed by atoms with van der Waals surface area (Å²) in [5.74, 6) is 0. The maximum atomic E-state index is 3.48. The number of hydrogen-bond acceptors (Lipinski definition) is 4. The Morgan fingerprint density at radius 3 is 3.06 bits per heavy atom. The minimum atomic E-state index is 0.660. The molecule has 0 spiro atoms. The predicted molar refractivity (Wildman–Crippen MR) is 79.5 cm³/mol. The Kier molecular flexibility index (Phi) is 5.18. The Hall–Kier alpha value is -0.420. The number of piperazine rings is 1. The van der Waals surface area contributed by atoms with E-state index in [-0.39, 0.29) is 0 Å². The minimum Gasteiger partial charge on any atom is -0.314 e. The molecule has 0 aromatic carbocycles. The van der Waals surface area contributed by atoms with Crippen LogP contribution in [0.4, 0.5) is 0 Å². The first-order valence-electron chi connectivity index (χ1n) is 6.79. The molecule has 1 aromatic rings. The summed E-state index contributed by atoms with van der Waals surface area (Å²) in [6.07, 6.45) is 1.18. The molecule has 2 rings (SSSR count). The van der Waals surface area contributed by atoms with Gasteiger partial charge in [0.05, 0.1) is 0 Å². The fourth-order valence-corrected chi connectivity index (χ4v) is 3.37. The first-order chi connectivity index (χ1) is 8.66. The van der Waals surface area contributed by atoms with Crippen LogP contribution >= 0.6 is 11.3 Å². The van der Waals surface area contributed by atoms with E-state index in [0.29, 0.717) is 6.04 Å². The maximum absolute atomic E-state index is 3.48. The summed E-state index contributed by atoms with van der Waals surface area (Å²) in [5, 5.41) is 5.68. The highest BCUT2D eigenvalue weighted by Gasteiger charge is 2.19. The van der Waals surface area contributed by atoms with E-state index in [0.717, 1.165) is 26.2 Å². The standard InChI is InChI=1S/C14H25N3S/c1-12-5-9-18-14(12)4-7-16(2)11-13-10-15-6-8-17(13)3/h5,9,13,15H,4,6-8,10-11H2,1-3H3. The number of likely N-dealkylation sites (N-methyl/N-ethyl adjacent to an activating group) is 2. The Morgan fingerprint density at radius 1 is 1.56 bits per heavy atom. The Balaban J connectivity index is 1.74. The molecular weight excluding hydrogens is 242 g/mol. The van der Waals surface area contributed by atoms with E-state index in [1.165, 1.54) is 23.4 Å². The van der Waals surface area contributed by atoms with Gasteiger partial charge in [0, 0.05) is 43.6 Å². The lowest BCUT2D eigenvalue weighted by Crippen LogP contribution is -2.53. The summed E-state index contributed by atoms with van der Waals surface area (Å²) in [6.45, 7) is 7.96. The van der Waals surface area contributed by atoms with Crippen molar-refractivity contribution < 1.29 is 0 Å². The van der Waals surface area contributed by atoms with E-state index >= 15 is 0 Å².